The molecule has 3 rings (SSSR count). The van der Waals surface area contributed by atoms with E-state index in [1.807, 2.05) is 31.2 Å². The summed E-state index contributed by atoms with van der Waals surface area (Å²) in [6, 6.07) is 12.0. The van der Waals surface area contributed by atoms with Crippen LogP contribution in [0, 0.1) is 17.0 Å². The van der Waals surface area contributed by atoms with Crippen molar-refractivity contribution in [2.45, 2.75) is 13.0 Å². The lowest BCUT2D eigenvalue weighted by Crippen LogP contribution is -2.43. The zero-order valence-corrected chi connectivity index (χ0v) is 16.6. The highest BCUT2D eigenvalue weighted by molar-refractivity contribution is 5.95. The normalized spacial score (nSPS) is 15.5. The molecule has 2 aromatic carbocycles. The van der Waals surface area contributed by atoms with Gasteiger partial charge < -0.3 is 14.8 Å². The van der Waals surface area contributed by atoms with Crippen molar-refractivity contribution in [2.75, 3.05) is 40.0 Å². The molecular formula is C21H25N3O5. The SMILES string of the molecule is COc1ccc(C(=O)N[C@@H](CN2CCOCC2)c2ccc(C)cc2)cc1[N+](=O)[O-]. The van der Waals surface area contributed by atoms with Crippen molar-refractivity contribution in [3.63, 3.8) is 0 Å². The van der Waals surface area contributed by atoms with E-state index in [1.165, 1.54) is 25.3 Å². The Kier molecular flexibility index (Phi) is 6.79. The Balaban J connectivity index is 1.82. The number of hydrogen-bond acceptors (Lipinski definition) is 6. The van der Waals surface area contributed by atoms with Gasteiger partial charge in [-0.05, 0) is 24.6 Å². The summed E-state index contributed by atoms with van der Waals surface area (Å²) in [5.74, 6) is -0.246. The number of methoxy groups -OCH3 is 1. The minimum absolute atomic E-state index is 0.120. The fourth-order valence-electron chi connectivity index (χ4n) is 3.29. The molecule has 29 heavy (non-hydrogen) atoms. The minimum Gasteiger partial charge on any atom is -0.490 e. The number of nitro benzene ring substituents is 1. The van der Waals surface area contributed by atoms with E-state index in [9.17, 15) is 14.9 Å². The van der Waals surface area contributed by atoms with E-state index >= 15 is 0 Å². The third-order valence-electron chi connectivity index (χ3n) is 4.97. The van der Waals surface area contributed by atoms with Crippen molar-refractivity contribution >= 4 is 11.6 Å². The van der Waals surface area contributed by atoms with Crippen molar-refractivity contribution in [3.8, 4) is 5.75 Å². The lowest BCUT2D eigenvalue weighted by Gasteiger charge is -2.31. The van der Waals surface area contributed by atoms with E-state index in [1.54, 1.807) is 0 Å². The molecule has 8 heteroatoms. The Labute approximate surface area is 169 Å². The number of aryl methyl sites for hydroxylation is 1. The molecule has 2 aromatic rings. The molecule has 1 atom stereocenters. The summed E-state index contributed by atoms with van der Waals surface area (Å²) in [5.41, 5.74) is 2.10. The summed E-state index contributed by atoms with van der Waals surface area (Å²) in [7, 11) is 1.36. The van der Waals surface area contributed by atoms with Crippen molar-refractivity contribution < 1.29 is 19.2 Å². The number of nitro groups is 1. The maximum atomic E-state index is 12.9. The molecule has 0 bridgehead atoms. The van der Waals surface area contributed by atoms with Gasteiger partial charge in [-0.1, -0.05) is 29.8 Å². The maximum Gasteiger partial charge on any atom is 0.311 e. The number of nitrogens with zero attached hydrogens (tertiary/aromatic N) is 2. The molecule has 1 amide bonds. The van der Waals surface area contributed by atoms with Crippen LogP contribution < -0.4 is 10.1 Å². The first-order valence-corrected chi connectivity index (χ1v) is 9.48. The quantitative estimate of drug-likeness (QED) is 0.568. The predicted octanol–water partition coefficient (Wildman–Crippen LogP) is 2.72. The van der Waals surface area contributed by atoms with Gasteiger partial charge in [0.2, 0.25) is 0 Å². The molecule has 0 aromatic heterocycles. The van der Waals surface area contributed by atoms with Crippen molar-refractivity contribution in [3.05, 3.63) is 69.3 Å². The van der Waals surface area contributed by atoms with Gasteiger partial charge in [-0.3, -0.25) is 19.8 Å². The van der Waals surface area contributed by atoms with E-state index in [0.29, 0.717) is 19.8 Å². The fraction of sp³-hybridized carbons (Fsp3) is 0.381. The molecule has 1 aliphatic rings. The highest BCUT2D eigenvalue weighted by Gasteiger charge is 2.23. The summed E-state index contributed by atoms with van der Waals surface area (Å²) in [5, 5.41) is 14.3. The van der Waals surface area contributed by atoms with E-state index < -0.39 is 4.92 Å². The summed E-state index contributed by atoms with van der Waals surface area (Å²) in [6.07, 6.45) is 0. The van der Waals surface area contributed by atoms with Crippen LogP contribution in [0.5, 0.6) is 5.75 Å². The molecular weight excluding hydrogens is 374 g/mol. The average Bonchev–Trinajstić information content (AvgIpc) is 2.74. The predicted molar refractivity (Wildman–Crippen MR) is 108 cm³/mol. The monoisotopic (exact) mass is 399 g/mol. The van der Waals surface area contributed by atoms with E-state index in [2.05, 4.69) is 10.2 Å². The minimum atomic E-state index is -0.555. The summed E-state index contributed by atoms with van der Waals surface area (Å²) >= 11 is 0. The van der Waals surface area contributed by atoms with Crippen LogP contribution in [0.3, 0.4) is 0 Å². The first-order valence-electron chi connectivity index (χ1n) is 9.48. The molecule has 0 spiro atoms. The van der Waals surface area contributed by atoms with E-state index in [0.717, 1.165) is 24.2 Å². The number of benzene rings is 2. The number of morpholine rings is 1. The molecule has 1 N–H and O–H groups in total. The van der Waals surface area contributed by atoms with Crippen LogP contribution >= 0.6 is 0 Å². The molecule has 1 fully saturated rings. The van der Waals surface area contributed by atoms with Crippen LogP contribution in [0.25, 0.3) is 0 Å². The fourth-order valence-corrected chi connectivity index (χ4v) is 3.29. The standard InChI is InChI=1S/C21H25N3O5/c1-15-3-5-16(6-4-15)18(14-23-9-11-29-12-10-23)22-21(25)17-7-8-20(28-2)19(13-17)24(26)27/h3-8,13,18H,9-12,14H2,1-2H3,(H,22,25)/t18-/m0/s1. The molecule has 0 unspecified atom stereocenters. The van der Waals surface area contributed by atoms with Gasteiger partial charge in [0.05, 0.1) is 31.3 Å². The largest absolute Gasteiger partial charge is 0.490 e. The van der Waals surface area contributed by atoms with Crippen LogP contribution in [0.4, 0.5) is 5.69 Å². The molecule has 0 radical (unpaired) electrons. The van der Waals surface area contributed by atoms with Crippen LogP contribution in [-0.4, -0.2) is 55.7 Å². The second-order valence-electron chi connectivity index (χ2n) is 6.99. The van der Waals surface area contributed by atoms with Crippen molar-refractivity contribution in [2.24, 2.45) is 0 Å². The molecule has 8 nitrogen and oxygen atoms in total. The molecule has 1 saturated heterocycles. The number of nitrogens with one attached hydrogen (secondary N) is 1. The summed E-state index contributed by atoms with van der Waals surface area (Å²) < 4.78 is 10.4. The second-order valence-corrected chi connectivity index (χ2v) is 6.99. The number of hydrogen-bond donors (Lipinski definition) is 1. The zero-order chi connectivity index (χ0) is 20.8. The Morgan fingerprint density at radius 1 is 1.24 bits per heavy atom. The Morgan fingerprint density at radius 2 is 1.93 bits per heavy atom. The second kappa shape index (κ2) is 9.49. The van der Waals surface area contributed by atoms with Crippen LogP contribution in [0.1, 0.15) is 27.5 Å². The first-order chi connectivity index (χ1) is 14.0. The van der Waals surface area contributed by atoms with Gasteiger partial charge >= 0.3 is 5.69 Å². The van der Waals surface area contributed by atoms with Crippen molar-refractivity contribution in [1.82, 2.24) is 10.2 Å². The zero-order valence-electron chi connectivity index (χ0n) is 16.6. The van der Waals surface area contributed by atoms with Gasteiger partial charge in [-0.25, -0.2) is 0 Å². The topological polar surface area (TPSA) is 93.9 Å². The van der Waals surface area contributed by atoms with Gasteiger partial charge in [0.25, 0.3) is 5.91 Å². The number of rotatable bonds is 7. The average molecular weight is 399 g/mol. The Morgan fingerprint density at radius 3 is 2.55 bits per heavy atom. The Bertz CT molecular complexity index is 863. The van der Waals surface area contributed by atoms with Crippen LogP contribution in [0.15, 0.2) is 42.5 Å². The van der Waals surface area contributed by atoms with Gasteiger partial charge in [-0.2, -0.15) is 0 Å². The number of carbonyl (C=O) groups excluding carboxylic acids is 1. The first kappa shape index (κ1) is 20.8. The smallest absolute Gasteiger partial charge is 0.311 e. The highest BCUT2D eigenvalue weighted by Crippen LogP contribution is 2.28. The number of carbonyl (C=O) groups is 1. The van der Waals surface area contributed by atoms with Gasteiger partial charge in [0.1, 0.15) is 0 Å². The maximum absolute atomic E-state index is 12.9. The molecule has 0 aliphatic carbocycles. The summed E-state index contributed by atoms with van der Waals surface area (Å²) in [6.45, 7) is 5.57. The van der Waals surface area contributed by atoms with Gasteiger partial charge in [-0.15, -0.1) is 0 Å². The van der Waals surface area contributed by atoms with E-state index in [-0.39, 0.29) is 28.9 Å². The molecule has 154 valence electrons. The van der Waals surface area contributed by atoms with Crippen LogP contribution in [0.2, 0.25) is 0 Å². The number of amides is 1. The van der Waals surface area contributed by atoms with Gasteiger partial charge in [0.15, 0.2) is 5.75 Å². The lowest BCUT2D eigenvalue weighted by atomic mass is 10.0. The molecule has 1 heterocycles. The third kappa shape index (κ3) is 5.30. The third-order valence-corrected chi connectivity index (χ3v) is 4.97. The Hall–Kier alpha value is -2.97. The lowest BCUT2D eigenvalue weighted by molar-refractivity contribution is -0.385. The highest BCUT2D eigenvalue weighted by atomic mass is 16.6. The molecule has 0 saturated carbocycles. The van der Waals surface area contributed by atoms with Gasteiger partial charge in [0, 0.05) is 31.3 Å². The van der Waals surface area contributed by atoms with E-state index in [4.69, 9.17) is 9.47 Å². The molecule has 1 aliphatic heterocycles. The number of ether oxygens (including phenoxy) is 2. The van der Waals surface area contributed by atoms with Crippen molar-refractivity contribution in [1.29, 1.82) is 0 Å². The summed E-state index contributed by atoms with van der Waals surface area (Å²) in [4.78, 5) is 25.8. The van der Waals surface area contributed by atoms with Crippen LogP contribution in [-0.2, 0) is 4.74 Å².